The highest BCUT2D eigenvalue weighted by Crippen LogP contribution is 2.31. The summed E-state index contributed by atoms with van der Waals surface area (Å²) in [5.74, 6) is -0.972. The number of amides is 1. The molecule has 1 aromatic rings. The van der Waals surface area contributed by atoms with Crippen LogP contribution in [0.4, 0.5) is 0 Å². The van der Waals surface area contributed by atoms with Crippen LogP contribution in [0.25, 0.3) is 6.08 Å². The molecular weight excluding hydrogens is 178 g/mol. The predicted octanol–water partition coefficient (Wildman–Crippen LogP) is 0.643. The van der Waals surface area contributed by atoms with E-state index in [0.717, 1.165) is 11.1 Å². The molecule has 14 heavy (non-hydrogen) atoms. The Hall–Kier alpha value is -1.61. The van der Waals surface area contributed by atoms with E-state index in [0.29, 0.717) is 0 Å². The van der Waals surface area contributed by atoms with Crippen LogP contribution < -0.4 is 5.73 Å². The summed E-state index contributed by atoms with van der Waals surface area (Å²) in [4.78, 5) is 10.8. The topological polar surface area (TPSA) is 63.3 Å². The van der Waals surface area contributed by atoms with Crippen LogP contribution in [0.15, 0.2) is 30.3 Å². The molecule has 2 unspecified atom stereocenters. The molecule has 1 aliphatic carbocycles. The lowest BCUT2D eigenvalue weighted by Gasteiger charge is -2.14. The molecule has 2 rings (SSSR count). The Kier molecular flexibility index (Phi) is 2.09. The SMILES string of the molecule is NC(=O)C(O)C1C=Cc2ccccc21. The number of rotatable bonds is 2. The number of hydrogen-bond donors (Lipinski definition) is 2. The lowest BCUT2D eigenvalue weighted by Crippen LogP contribution is -2.32. The van der Waals surface area contributed by atoms with E-state index in [2.05, 4.69) is 0 Å². The minimum absolute atomic E-state index is 0.288. The maximum absolute atomic E-state index is 10.8. The number of primary amides is 1. The molecule has 0 fully saturated rings. The predicted molar refractivity (Wildman–Crippen MR) is 53.4 cm³/mol. The molecule has 0 saturated heterocycles. The lowest BCUT2D eigenvalue weighted by atomic mass is 9.95. The fourth-order valence-corrected chi connectivity index (χ4v) is 1.73. The minimum atomic E-state index is -1.13. The summed E-state index contributed by atoms with van der Waals surface area (Å²) in [7, 11) is 0. The van der Waals surface area contributed by atoms with E-state index in [9.17, 15) is 9.90 Å². The molecule has 3 nitrogen and oxygen atoms in total. The monoisotopic (exact) mass is 189 g/mol. The number of fused-ring (bicyclic) bond motifs is 1. The van der Waals surface area contributed by atoms with Crippen molar-refractivity contribution in [1.29, 1.82) is 0 Å². The quantitative estimate of drug-likeness (QED) is 0.717. The van der Waals surface area contributed by atoms with Gasteiger partial charge in [-0.3, -0.25) is 4.79 Å². The number of aliphatic hydroxyl groups excluding tert-OH is 1. The van der Waals surface area contributed by atoms with Crippen LogP contribution in [0.5, 0.6) is 0 Å². The zero-order chi connectivity index (χ0) is 10.1. The molecule has 0 saturated carbocycles. The standard InChI is InChI=1S/C11H11NO2/c12-11(14)10(13)9-6-5-7-3-1-2-4-8(7)9/h1-6,9-10,13H,(H2,12,14). The van der Waals surface area contributed by atoms with E-state index < -0.39 is 12.0 Å². The molecule has 3 heteroatoms. The lowest BCUT2D eigenvalue weighted by molar-refractivity contribution is -0.126. The van der Waals surface area contributed by atoms with Gasteiger partial charge in [-0.2, -0.15) is 0 Å². The van der Waals surface area contributed by atoms with Crippen LogP contribution in [0.3, 0.4) is 0 Å². The van der Waals surface area contributed by atoms with E-state index in [4.69, 9.17) is 5.73 Å². The fourth-order valence-electron chi connectivity index (χ4n) is 1.73. The smallest absolute Gasteiger partial charge is 0.247 e. The molecule has 1 aromatic carbocycles. The van der Waals surface area contributed by atoms with Gasteiger partial charge >= 0.3 is 0 Å². The average molecular weight is 189 g/mol. The van der Waals surface area contributed by atoms with Gasteiger partial charge in [-0.15, -0.1) is 0 Å². The Bertz CT molecular complexity index is 398. The van der Waals surface area contributed by atoms with E-state index in [1.54, 1.807) is 6.08 Å². The van der Waals surface area contributed by atoms with Gasteiger partial charge in [0.1, 0.15) is 6.10 Å². The van der Waals surface area contributed by atoms with Crippen molar-refractivity contribution in [2.45, 2.75) is 12.0 Å². The highest BCUT2D eigenvalue weighted by atomic mass is 16.3. The summed E-state index contributed by atoms with van der Waals surface area (Å²) in [6.45, 7) is 0. The molecule has 0 aromatic heterocycles. The molecule has 0 heterocycles. The van der Waals surface area contributed by atoms with Crippen LogP contribution in [0.2, 0.25) is 0 Å². The van der Waals surface area contributed by atoms with Crippen LogP contribution in [0, 0.1) is 0 Å². The molecular formula is C11H11NO2. The number of carbonyl (C=O) groups is 1. The molecule has 3 N–H and O–H groups in total. The molecule has 2 atom stereocenters. The second-order valence-corrected chi connectivity index (χ2v) is 3.36. The molecule has 0 spiro atoms. The number of carbonyl (C=O) groups excluding carboxylic acids is 1. The zero-order valence-electron chi connectivity index (χ0n) is 7.55. The summed E-state index contributed by atoms with van der Waals surface area (Å²) in [5.41, 5.74) is 7.05. The number of hydrogen-bond acceptors (Lipinski definition) is 2. The third-order valence-electron chi connectivity index (χ3n) is 2.47. The fraction of sp³-hybridized carbons (Fsp3) is 0.182. The Labute approximate surface area is 81.9 Å². The van der Waals surface area contributed by atoms with Crippen LogP contribution in [-0.2, 0) is 4.79 Å². The summed E-state index contributed by atoms with van der Waals surface area (Å²) >= 11 is 0. The second kappa shape index (κ2) is 3.27. The van der Waals surface area contributed by atoms with Crippen molar-refractivity contribution in [2.24, 2.45) is 5.73 Å². The van der Waals surface area contributed by atoms with Gasteiger partial charge in [-0.25, -0.2) is 0 Å². The van der Waals surface area contributed by atoms with Gasteiger partial charge in [-0.1, -0.05) is 36.4 Å². The molecule has 72 valence electrons. The molecule has 0 radical (unpaired) electrons. The molecule has 1 aliphatic rings. The van der Waals surface area contributed by atoms with Gasteiger partial charge in [0.25, 0.3) is 0 Å². The summed E-state index contributed by atoms with van der Waals surface area (Å²) in [6, 6.07) is 7.64. The van der Waals surface area contributed by atoms with Crippen LogP contribution >= 0.6 is 0 Å². The highest BCUT2D eigenvalue weighted by molar-refractivity contribution is 5.81. The first kappa shape index (κ1) is 8.97. The Morgan fingerprint density at radius 1 is 1.43 bits per heavy atom. The number of nitrogens with two attached hydrogens (primary N) is 1. The van der Waals surface area contributed by atoms with E-state index >= 15 is 0 Å². The molecule has 0 aliphatic heterocycles. The largest absolute Gasteiger partial charge is 0.382 e. The summed E-state index contributed by atoms with van der Waals surface area (Å²) in [6.07, 6.45) is 2.57. The first-order valence-corrected chi connectivity index (χ1v) is 4.44. The summed E-state index contributed by atoms with van der Waals surface area (Å²) < 4.78 is 0. The van der Waals surface area contributed by atoms with Crippen LogP contribution in [-0.4, -0.2) is 17.1 Å². The normalized spacial score (nSPS) is 20.5. The third kappa shape index (κ3) is 1.32. The number of benzene rings is 1. The zero-order valence-corrected chi connectivity index (χ0v) is 7.55. The van der Waals surface area contributed by atoms with Gasteiger partial charge in [0.2, 0.25) is 5.91 Å². The van der Waals surface area contributed by atoms with Crippen molar-refractivity contribution >= 4 is 12.0 Å². The van der Waals surface area contributed by atoms with Gasteiger partial charge in [0, 0.05) is 5.92 Å². The van der Waals surface area contributed by atoms with Crippen molar-refractivity contribution in [3.63, 3.8) is 0 Å². The van der Waals surface area contributed by atoms with Crippen molar-refractivity contribution < 1.29 is 9.90 Å². The van der Waals surface area contributed by atoms with Crippen molar-refractivity contribution in [2.75, 3.05) is 0 Å². The van der Waals surface area contributed by atoms with Gasteiger partial charge in [0.05, 0.1) is 0 Å². The Morgan fingerprint density at radius 3 is 2.86 bits per heavy atom. The third-order valence-corrected chi connectivity index (χ3v) is 2.47. The van der Waals surface area contributed by atoms with Gasteiger partial charge in [0.15, 0.2) is 0 Å². The van der Waals surface area contributed by atoms with Crippen molar-refractivity contribution in [3.05, 3.63) is 41.5 Å². The summed E-state index contributed by atoms with van der Waals surface area (Å²) in [5, 5.41) is 9.55. The van der Waals surface area contributed by atoms with E-state index in [-0.39, 0.29) is 5.92 Å². The van der Waals surface area contributed by atoms with Crippen LogP contribution in [0.1, 0.15) is 17.0 Å². The highest BCUT2D eigenvalue weighted by Gasteiger charge is 2.27. The van der Waals surface area contributed by atoms with E-state index in [1.165, 1.54) is 0 Å². The number of aliphatic hydroxyl groups is 1. The molecule has 0 bridgehead atoms. The van der Waals surface area contributed by atoms with Gasteiger partial charge in [-0.05, 0) is 11.1 Å². The van der Waals surface area contributed by atoms with Crippen molar-refractivity contribution in [1.82, 2.24) is 0 Å². The first-order chi connectivity index (χ1) is 6.70. The van der Waals surface area contributed by atoms with Crippen molar-refractivity contribution in [3.8, 4) is 0 Å². The van der Waals surface area contributed by atoms with Gasteiger partial charge < -0.3 is 10.8 Å². The Morgan fingerprint density at radius 2 is 2.14 bits per heavy atom. The average Bonchev–Trinajstić information content (AvgIpc) is 2.60. The maximum Gasteiger partial charge on any atom is 0.247 e. The molecule has 1 amide bonds. The van der Waals surface area contributed by atoms with E-state index in [1.807, 2.05) is 30.3 Å². The Balaban J connectivity index is 2.35. The maximum atomic E-state index is 10.8. The second-order valence-electron chi connectivity index (χ2n) is 3.36. The minimum Gasteiger partial charge on any atom is -0.382 e. The first-order valence-electron chi connectivity index (χ1n) is 4.44.